The largest absolute Gasteiger partial charge is 0.416 e. The third-order valence-corrected chi connectivity index (χ3v) is 4.42. The quantitative estimate of drug-likeness (QED) is 0.574. The number of rotatable bonds is 4. The summed E-state index contributed by atoms with van der Waals surface area (Å²) in [6.45, 7) is 2.30. The van der Waals surface area contributed by atoms with E-state index in [-0.39, 0.29) is 0 Å². The first-order valence-electron chi connectivity index (χ1n) is 8.55. The van der Waals surface area contributed by atoms with Crippen molar-refractivity contribution in [3.63, 3.8) is 0 Å². The smallest absolute Gasteiger partial charge is 0.355 e. The van der Waals surface area contributed by atoms with Gasteiger partial charge in [-0.2, -0.15) is 23.4 Å². The van der Waals surface area contributed by atoms with Gasteiger partial charge in [0.2, 0.25) is 0 Å². The molecule has 0 aliphatic heterocycles. The fourth-order valence-corrected chi connectivity index (χ4v) is 3.02. The highest BCUT2D eigenvalue weighted by Crippen LogP contribution is 2.30. The molecule has 0 atom stereocenters. The molecule has 1 N–H and O–H groups in total. The van der Waals surface area contributed by atoms with Crippen LogP contribution >= 0.6 is 0 Å². The molecule has 0 spiro atoms. The molecule has 0 unspecified atom stereocenters. The molecule has 0 bridgehead atoms. The van der Waals surface area contributed by atoms with E-state index >= 15 is 0 Å². The van der Waals surface area contributed by atoms with Crippen LogP contribution in [0, 0.1) is 6.92 Å². The SMILES string of the molecule is Cc1cc2nc(N(C)Cc3ccc(C(F)(F)F)cc3)cc(-c3cn[nH]c3)n2n1. The standard InChI is InChI=1S/C19H17F3N6/c1-12-7-18-25-17(8-16(28(18)26-12)14-9-23-24-10-14)27(2)11-13-3-5-15(6-4-13)19(20,21)22/h3-10H,11H2,1-2H3,(H,23,24). The van der Waals surface area contributed by atoms with E-state index in [0.29, 0.717) is 18.0 Å². The fourth-order valence-electron chi connectivity index (χ4n) is 3.02. The molecule has 0 aliphatic carbocycles. The summed E-state index contributed by atoms with van der Waals surface area (Å²) in [7, 11) is 1.85. The van der Waals surface area contributed by atoms with E-state index in [1.165, 1.54) is 12.1 Å². The molecule has 0 fully saturated rings. The van der Waals surface area contributed by atoms with E-state index in [2.05, 4.69) is 20.3 Å². The first-order valence-corrected chi connectivity index (χ1v) is 8.55. The third kappa shape index (κ3) is 3.42. The van der Waals surface area contributed by atoms with E-state index in [0.717, 1.165) is 34.6 Å². The number of nitrogens with one attached hydrogen (secondary N) is 1. The molecule has 6 nitrogen and oxygen atoms in total. The number of halogens is 3. The fraction of sp³-hybridized carbons (Fsp3) is 0.211. The monoisotopic (exact) mass is 386 g/mol. The van der Waals surface area contributed by atoms with Gasteiger partial charge in [-0.05, 0) is 24.6 Å². The lowest BCUT2D eigenvalue weighted by Gasteiger charge is -2.20. The lowest BCUT2D eigenvalue weighted by Crippen LogP contribution is -2.18. The number of fused-ring (bicyclic) bond motifs is 1. The number of hydrogen-bond donors (Lipinski definition) is 1. The zero-order chi connectivity index (χ0) is 19.9. The number of aromatic nitrogens is 5. The Bertz CT molecular complexity index is 1100. The van der Waals surface area contributed by atoms with Crippen LogP contribution in [0.5, 0.6) is 0 Å². The van der Waals surface area contributed by atoms with E-state index in [4.69, 9.17) is 0 Å². The number of H-pyrrole nitrogens is 1. The molecule has 28 heavy (non-hydrogen) atoms. The minimum Gasteiger partial charge on any atom is -0.355 e. The van der Waals surface area contributed by atoms with Crippen molar-refractivity contribution in [2.45, 2.75) is 19.6 Å². The number of alkyl halides is 3. The average molecular weight is 386 g/mol. The Labute approximate surface area is 158 Å². The lowest BCUT2D eigenvalue weighted by molar-refractivity contribution is -0.137. The Morgan fingerprint density at radius 1 is 1.14 bits per heavy atom. The Balaban J connectivity index is 1.67. The Kier molecular flexibility index (Phi) is 4.29. The van der Waals surface area contributed by atoms with Crippen LogP contribution in [0.15, 0.2) is 48.8 Å². The highest BCUT2D eigenvalue weighted by Gasteiger charge is 2.29. The van der Waals surface area contributed by atoms with Gasteiger partial charge in [-0.1, -0.05) is 12.1 Å². The molecule has 144 valence electrons. The third-order valence-electron chi connectivity index (χ3n) is 4.42. The van der Waals surface area contributed by atoms with E-state index in [9.17, 15) is 13.2 Å². The maximum Gasteiger partial charge on any atom is 0.416 e. The number of aromatic amines is 1. The van der Waals surface area contributed by atoms with Gasteiger partial charge < -0.3 is 4.90 Å². The molecule has 0 amide bonds. The molecule has 0 saturated heterocycles. The van der Waals surface area contributed by atoms with Crippen LogP contribution in [0.1, 0.15) is 16.8 Å². The summed E-state index contributed by atoms with van der Waals surface area (Å²) in [5, 5.41) is 11.3. The summed E-state index contributed by atoms with van der Waals surface area (Å²) < 4.78 is 40.0. The highest BCUT2D eigenvalue weighted by atomic mass is 19.4. The average Bonchev–Trinajstić information content (AvgIpc) is 3.29. The van der Waals surface area contributed by atoms with Crippen molar-refractivity contribution < 1.29 is 13.2 Å². The Hall–Kier alpha value is -3.36. The van der Waals surface area contributed by atoms with Crippen LogP contribution in [-0.2, 0) is 12.7 Å². The van der Waals surface area contributed by atoms with E-state index in [1.54, 1.807) is 16.9 Å². The van der Waals surface area contributed by atoms with Gasteiger partial charge in [0, 0.05) is 37.5 Å². The van der Waals surface area contributed by atoms with Gasteiger partial charge in [-0.25, -0.2) is 9.50 Å². The van der Waals surface area contributed by atoms with Crippen molar-refractivity contribution in [3.05, 3.63) is 65.6 Å². The minimum absolute atomic E-state index is 0.416. The number of aryl methyl sites for hydroxylation is 1. The Morgan fingerprint density at radius 2 is 1.89 bits per heavy atom. The summed E-state index contributed by atoms with van der Waals surface area (Å²) in [6.07, 6.45) is -0.868. The molecule has 3 heterocycles. The topological polar surface area (TPSA) is 62.1 Å². The van der Waals surface area contributed by atoms with Crippen LogP contribution in [0.25, 0.3) is 16.9 Å². The van der Waals surface area contributed by atoms with Crippen molar-refractivity contribution in [2.75, 3.05) is 11.9 Å². The van der Waals surface area contributed by atoms with E-state index < -0.39 is 11.7 Å². The molecular weight excluding hydrogens is 369 g/mol. The molecule has 1 aromatic carbocycles. The second-order valence-electron chi connectivity index (χ2n) is 6.59. The van der Waals surface area contributed by atoms with Crippen LogP contribution in [0.3, 0.4) is 0 Å². The zero-order valence-corrected chi connectivity index (χ0v) is 15.2. The predicted octanol–water partition coefficient (Wildman–Crippen LogP) is 4.08. The molecule has 0 aliphatic rings. The van der Waals surface area contributed by atoms with Crippen molar-refractivity contribution in [1.82, 2.24) is 24.8 Å². The molecule has 0 saturated carbocycles. The van der Waals surface area contributed by atoms with Crippen molar-refractivity contribution in [3.8, 4) is 11.3 Å². The van der Waals surface area contributed by atoms with Gasteiger partial charge >= 0.3 is 6.18 Å². The van der Waals surface area contributed by atoms with Crippen LogP contribution < -0.4 is 4.90 Å². The molecule has 0 radical (unpaired) electrons. The number of anilines is 1. The number of benzene rings is 1. The molecule has 4 aromatic rings. The van der Waals surface area contributed by atoms with Gasteiger partial charge in [0.1, 0.15) is 5.82 Å². The van der Waals surface area contributed by atoms with Gasteiger partial charge in [0.15, 0.2) is 5.65 Å². The summed E-state index contributed by atoms with van der Waals surface area (Å²) >= 11 is 0. The molecule has 4 rings (SSSR count). The maximum atomic E-state index is 12.7. The summed E-state index contributed by atoms with van der Waals surface area (Å²) in [5.74, 6) is 0.684. The zero-order valence-electron chi connectivity index (χ0n) is 15.2. The first-order chi connectivity index (χ1) is 13.3. The van der Waals surface area contributed by atoms with Gasteiger partial charge in [0.25, 0.3) is 0 Å². The molecule has 9 heteroatoms. The molecular formula is C19H17F3N6. The minimum atomic E-state index is -4.34. The predicted molar refractivity (Wildman–Crippen MR) is 98.9 cm³/mol. The normalized spacial score (nSPS) is 11.9. The van der Waals surface area contributed by atoms with Gasteiger partial charge in [-0.15, -0.1) is 0 Å². The number of hydrogen-bond acceptors (Lipinski definition) is 4. The van der Waals surface area contributed by atoms with Crippen molar-refractivity contribution >= 4 is 11.5 Å². The van der Waals surface area contributed by atoms with E-state index in [1.807, 2.05) is 31.0 Å². The summed E-state index contributed by atoms with van der Waals surface area (Å²) in [4.78, 5) is 6.52. The van der Waals surface area contributed by atoms with Crippen molar-refractivity contribution in [1.29, 1.82) is 0 Å². The van der Waals surface area contributed by atoms with Crippen LogP contribution in [0.4, 0.5) is 19.0 Å². The van der Waals surface area contributed by atoms with Gasteiger partial charge in [0.05, 0.1) is 23.1 Å². The van der Waals surface area contributed by atoms with Gasteiger partial charge in [-0.3, -0.25) is 5.10 Å². The Morgan fingerprint density at radius 3 is 2.54 bits per heavy atom. The second kappa shape index (κ2) is 6.66. The van der Waals surface area contributed by atoms with Crippen molar-refractivity contribution in [2.24, 2.45) is 0 Å². The van der Waals surface area contributed by atoms with Crippen LogP contribution in [0.2, 0.25) is 0 Å². The second-order valence-corrected chi connectivity index (χ2v) is 6.59. The summed E-state index contributed by atoms with van der Waals surface area (Å²) in [5.41, 5.74) is 3.30. The number of nitrogens with zero attached hydrogens (tertiary/aromatic N) is 5. The molecule has 3 aromatic heterocycles. The lowest BCUT2D eigenvalue weighted by atomic mass is 10.1. The summed E-state index contributed by atoms with van der Waals surface area (Å²) in [6, 6.07) is 8.91. The first kappa shape index (κ1) is 18.0. The maximum absolute atomic E-state index is 12.7. The highest BCUT2D eigenvalue weighted by molar-refractivity contribution is 5.66. The van der Waals surface area contributed by atoms with Crippen LogP contribution in [-0.4, -0.2) is 31.8 Å².